The molecule has 0 radical (unpaired) electrons. The van der Waals surface area contributed by atoms with E-state index in [0.717, 1.165) is 10.2 Å². The molecular weight excluding hydrogens is 357 g/mol. The first kappa shape index (κ1) is 14.2. The Balaban J connectivity index is 2.04. The van der Waals surface area contributed by atoms with Crippen LogP contribution in [0.1, 0.15) is 6.92 Å². The van der Waals surface area contributed by atoms with Gasteiger partial charge in [-0.1, -0.05) is 15.9 Å². The highest BCUT2D eigenvalue weighted by Crippen LogP contribution is 2.33. The number of anilines is 1. The Kier molecular flexibility index (Phi) is 4.03. The number of benzene rings is 1. The minimum atomic E-state index is -0.448. The third-order valence-corrected chi connectivity index (χ3v) is 4.03. The molecule has 3 aromatic rings. The fourth-order valence-corrected chi connectivity index (χ4v) is 2.89. The maximum atomic E-state index is 13.9. The van der Waals surface area contributed by atoms with Crippen LogP contribution in [-0.2, 0) is 0 Å². The summed E-state index contributed by atoms with van der Waals surface area (Å²) in [6.45, 7) is 2.65. The van der Waals surface area contributed by atoms with E-state index in [1.54, 1.807) is 12.1 Å². The quantitative estimate of drug-likeness (QED) is 0.718. The maximum Gasteiger partial charge on any atom is 0.233 e. The predicted octanol–water partition coefficient (Wildman–Crippen LogP) is 4.82. The summed E-state index contributed by atoms with van der Waals surface area (Å²) in [5.74, 6) is 0.501. The summed E-state index contributed by atoms with van der Waals surface area (Å²) in [7, 11) is 0. The van der Waals surface area contributed by atoms with Crippen LogP contribution < -0.4 is 10.1 Å². The molecule has 7 heteroatoms. The van der Waals surface area contributed by atoms with Crippen molar-refractivity contribution in [3.63, 3.8) is 0 Å². The number of hydrogen-bond acceptors (Lipinski definition) is 5. The molecule has 0 amide bonds. The van der Waals surface area contributed by atoms with Gasteiger partial charge in [0.15, 0.2) is 11.6 Å². The maximum absolute atomic E-state index is 13.9. The summed E-state index contributed by atoms with van der Waals surface area (Å²) in [6, 6.07) is 6.50. The van der Waals surface area contributed by atoms with Crippen molar-refractivity contribution in [1.29, 1.82) is 0 Å². The lowest BCUT2D eigenvalue weighted by Crippen LogP contribution is -2.03. The van der Waals surface area contributed by atoms with E-state index in [9.17, 15) is 4.39 Å². The van der Waals surface area contributed by atoms with Crippen LogP contribution >= 0.6 is 27.3 Å². The minimum absolute atomic E-state index is 0.131. The number of nitrogens with zero attached hydrogens (tertiary/aromatic N) is 2. The Labute approximate surface area is 133 Å². The van der Waals surface area contributed by atoms with Gasteiger partial charge in [0.2, 0.25) is 11.8 Å². The average Bonchev–Trinajstić information content (AvgIpc) is 2.91. The van der Waals surface area contributed by atoms with E-state index in [2.05, 4.69) is 31.2 Å². The van der Waals surface area contributed by atoms with Crippen molar-refractivity contribution in [1.82, 2.24) is 9.97 Å². The summed E-state index contributed by atoms with van der Waals surface area (Å²) in [6.07, 6.45) is 0. The first-order valence-corrected chi connectivity index (χ1v) is 7.96. The molecule has 0 saturated heterocycles. The van der Waals surface area contributed by atoms with Crippen LogP contribution in [0.5, 0.6) is 11.6 Å². The number of fused-ring (bicyclic) bond motifs is 1. The highest BCUT2D eigenvalue weighted by Gasteiger charge is 2.13. The normalized spacial score (nSPS) is 10.8. The molecule has 4 nitrogen and oxygen atoms in total. The van der Waals surface area contributed by atoms with Gasteiger partial charge in [-0.05, 0) is 36.6 Å². The highest BCUT2D eigenvalue weighted by atomic mass is 79.9. The summed E-state index contributed by atoms with van der Waals surface area (Å²) in [4.78, 5) is 9.48. The number of halogens is 2. The van der Waals surface area contributed by atoms with Crippen molar-refractivity contribution in [3.05, 3.63) is 39.9 Å². The Bertz CT molecular complexity index is 793. The fourth-order valence-electron chi connectivity index (χ4n) is 1.81. The van der Waals surface area contributed by atoms with Crippen LogP contribution in [-0.4, -0.2) is 16.5 Å². The number of ether oxygens (including phenoxy) is 1. The topological polar surface area (TPSA) is 47.0 Å². The zero-order valence-corrected chi connectivity index (χ0v) is 13.5. The molecule has 1 N–H and O–H groups in total. The second kappa shape index (κ2) is 5.95. The fraction of sp³-hybridized carbons (Fsp3) is 0.143. The van der Waals surface area contributed by atoms with E-state index < -0.39 is 5.82 Å². The molecule has 3 rings (SSSR count). The number of nitrogens with one attached hydrogen (secondary N) is 1. The number of aromatic nitrogens is 2. The second-order valence-corrected chi connectivity index (χ2v) is 6.01. The van der Waals surface area contributed by atoms with Crippen molar-refractivity contribution in [3.8, 4) is 11.6 Å². The molecule has 2 aromatic heterocycles. The minimum Gasteiger partial charge on any atom is -0.435 e. The van der Waals surface area contributed by atoms with Gasteiger partial charge in [-0.2, -0.15) is 4.98 Å². The summed E-state index contributed by atoms with van der Waals surface area (Å²) >= 11 is 4.70. The molecule has 0 fully saturated rings. The van der Waals surface area contributed by atoms with Crippen LogP contribution in [0.2, 0.25) is 0 Å². The number of rotatable bonds is 4. The van der Waals surface area contributed by atoms with Gasteiger partial charge in [-0.25, -0.2) is 9.37 Å². The van der Waals surface area contributed by atoms with Crippen molar-refractivity contribution in [2.45, 2.75) is 6.92 Å². The lowest BCUT2D eigenvalue weighted by molar-refractivity contribution is 0.432. The lowest BCUT2D eigenvalue weighted by atomic mass is 10.3. The van der Waals surface area contributed by atoms with Gasteiger partial charge in [-0.15, -0.1) is 11.3 Å². The third-order valence-electron chi connectivity index (χ3n) is 2.73. The molecular formula is C14H11BrFN3OS. The van der Waals surface area contributed by atoms with E-state index >= 15 is 0 Å². The van der Waals surface area contributed by atoms with E-state index in [1.165, 1.54) is 17.4 Å². The summed E-state index contributed by atoms with van der Waals surface area (Å²) in [5.41, 5.74) is 0. The van der Waals surface area contributed by atoms with Gasteiger partial charge < -0.3 is 10.1 Å². The largest absolute Gasteiger partial charge is 0.435 e. The molecule has 0 aliphatic carbocycles. The number of thiophene rings is 1. The molecule has 0 unspecified atom stereocenters. The molecule has 1 aromatic carbocycles. The standard InChI is InChI=1S/C14H11BrFN3OS/c1-2-17-14-18-12(9-5-6-21-13(9)19-14)20-11-4-3-8(15)7-10(11)16/h3-7H,2H2,1H3,(H,17,18,19). The molecule has 2 heterocycles. The van der Waals surface area contributed by atoms with Crippen LogP contribution in [0, 0.1) is 5.82 Å². The van der Waals surface area contributed by atoms with Crippen LogP contribution in [0.4, 0.5) is 10.3 Å². The van der Waals surface area contributed by atoms with E-state index in [-0.39, 0.29) is 5.75 Å². The molecule has 0 spiro atoms. The zero-order valence-electron chi connectivity index (χ0n) is 11.1. The second-order valence-electron chi connectivity index (χ2n) is 4.20. The molecule has 0 saturated carbocycles. The summed E-state index contributed by atoms with van der Waals surface area (Å²) < 4.78 is 20.2. The molecule has 0 bridgehead atoms. The Morgan fingerprint density at radius 2 is 2.19 bits per heavy atom. The summed E-state index contributed by atoms with van der Waals surface area (Å²) in [5, 5.41) is 5.71. The Hall–Kier alpha value is -1.73. The molecule has 0 aliphatic heterocycles. The van der Waals surface area contributed by atoms with E-state index in [0.29, 0.717) is 22.8 Å². The van der Waals surface area contributed by atoms with Crippen molar-refractivity contribution < 1.29 is 9.13 Å². The monoisotopic (exact) mass is 367 g/mol. The molecule has 0 aliphatic rings. The van der Waals surface area contributed by atoms with Crippen molar-refractivity contribution in [2.24, 2.45) is 0 Å². The lowest BCUT2D eigenvalue weighted by Gasteiger charge is -2.09. The zero-order chi connectivity index (χ0) is 14.8. The Morgan fingerprint density at radius 3 is 2.95 bits per heavy atom. The first-order valence-electron chi connectivity index (χ1n) is 6.29. The molecule has 0 atom stereocenters. The smallest absolute Gasteiger partial charge is 0.233 e. The highest BCUT2D eigenvalue weighted by molar-refractivity contribution is 9.10. The average molecular weight is 368 g/mol. The van der Waals surface area contributed by atoms with Crippen LogP contribution in [0.3, 0.4) is 0 Å². The predicted molar refractivity (Wildman–Crippen MR) is 85.8 cm³/mol. The molecule has 108 valence electrons. The SMILES string of the molecule is CCNc1nc(Oc2ccc(Br)cc2F)c2ccsc2n1. The Morgan fingerprint density at radius 1 is 1.33 bits per heavy atom. The van der Waals surface area contributed by atoms with Gasteiger partial charge in [-0.3, -0.25) is 0 Å². The van der Waals surface area contributed by atoms with E-state index in [1.807, 2.05) is 18.4 Å². The van der Waals surface area contributed by atoms with E-state index in [4.69, 9.17) is 4.74 Å². The van der Waals surface area contributed by atoms with Gasteiger partial charge >= 0.3 is 0 Å². The van der Waals surface area contributed by atoms with Crippen molar-refractivity contribution in [2.75, 3.05) is 11.9 Å². The van der Waals surface area contributed by atoms with Crippen molar-refractivity contribution >= 4 is 43.4 Å². The van der Waals surface area contributed by atoms with Crippen LogP contribution in [0.25, 0.3) is 10.2 Å². The number of hydrogen-bond donors (Lipinski definition) is 1. The van der Waals surface area contributed by atoms with Gasteiger partial charge in [0.05, 0.1) is 5.39 Å². The van der Waals surface area contributed by atoms with Gasteiger partial charge in [0.1, 0.15) is 4.83 Å². The van der Waals surface area contributed by atoms with Crippen LogP contribution in [0.15, 0.2) is 34.1 Å². The van der Waals surface area contributed by atoms with Gasteiger partial charge in [0, 0.05) is 11.0 Å². The third kappa shape index (κ3) is 2.98. The molecule has 21 heavy (non-hydrogen) atoms. The first-order chi connectivity index (χ1) is 10.2. The van der Waals surface area contributed by atoms with Gasteiger partial charge in [0.25, 0.3) is 0 Å².